The third-order valence-electron chi connectivity index (χ3n) is 3.74. The van der Waals surface area contributed by atoms with Gasteiger partial charge in [0.1, 0.15) is 5.76 Å². The quantitative estimate of drug-likeness (QED) is 0.860. The van der Waals surface area contributed by atoms with E-state index in [1.54, 1.807) is 12.4 Å². The molecule has 2 heterocycles. The summed E-state index contributed by atoms with van der Waals surface area (Å²) in [5.74, 6) is 0.142. The molecular formula is C17H19N3O3. The van der Waals surface area contributed by atoms with E-state index >= 15 is 0 Å². The summed E-state index contributed by atoms with van der Waals surface area (Å²) >= 11 is 0. The molecule has 1 aliphatic rings. The van der Waals surface area contributed by atoms with Gasteiger partial charge in [0.25, 0.3) is 0 Å². The van der Waals surface area contributed by atoms with Gasteiger partial charge in [-0.1, -0.05) is 6.07 Å². The largest absolute Gasteiger partial charge is 0.513 e. The van der Waals surface area contributed by atoms with Crippen LogP contribution in [0.1, 0.15) is 25.8 Å². The van der Waals surface area contributed by atoms with Crippen LogP contribution < -0.4 is 5.32 Å². The first-order valence-electron chi connectivity index (χ1n) is 7.30. The molecule has 1 aromatic heterocycles. The second-order valence-corrected chi connectivity index (χ2v) is 5.27. The van der Waals surface area contributed by atoms with Gasteiger partial charge in [0.05, 0.1) is 30.4 Å². The highest BCUT2D eigenvalue weighted by atomic mass is 16.7. The Bertz CT molecular complexity index is 687. The van der Waals surface area contributed by atoms with Gasteiger partial charge >= 0.3 is 6.16 Å². The minimum absolute atomic E-state index is 0.291. The molecule has 1 aliphatic heterocycles. The van der Waals surface area contributed by atoms with E-state index in [4.69, 9.17) is 4.74 Å². The molecule has 6 nitrogen and oxygen atoms in total. The van der Waals surface area contributed by atoms with Crippen LogP contribution >= 0.6 is 0 Å². The highest BCUT2D eigenvalue weighted by molar-refractivity contribution is 5.62. The first kappa shape index (κ1) is 16.6. The molecule has 0 saturated carbocycles. The Morgan fingerprint density at radius 2 is 2.22 bits per heavy atom. The molecule has 0 aromatic carbocycles. The van der Waals surface area contributed by atoms with Crippen molar-refractivity contribution in [3.8, 4) is 6.07 Å². The van der Waals surface area contributed by atoms with Gasteiger partial charge in [-0.2, -0.15) is 5.26 Å². The van der Waals surface area contributed by atoms with Crippen molar-refractivity contribution in [1.29, 1.82) is 5.26 Å². The summed E-state index contributed by atoms with van der Waals surface area (Å²) in [5.41, 5.74) is 3.12. The van der Waals surface area contributed by atoms with Gasteiger partial charge in [-0.05, 0) is 38.3 Å². The number of dihydropyridines is 1. The Hall–Kier alpha value is -2.81. The van der Waals surface area contributed by atoms with Crippen LogP contribution in [0.5, 0.6) is 0 Å². The minimum atomic E-state index is -0.788. The van der Waals surface area contributed by atoms with Gasteiger partial charge in [-0.25, -0.2) is 4.79 Å². The van der Waals surface area contributed by atoms with Crippen LogP contribution in [0.3, 0.4) is 0 Å². The second kappa shape index (κ2) is 7.45. The molecule has 0 amide bonds. The molecule has 120 valence electrons. The van der Waals surface area contributed by atoms with E-state index in [-0.39, 0.29) is 5.92 Å². The molecular weight excluding hydrogens is 294 g/mol. The molecule has 0 radical (unpaired) electrons. The number of aryl methyl sites for hydroxylation is 1. The zero-order valence-corrected chi connectivity index (χ0v) is 13.4. The molecule has 1 N–H and O–H groups in total. The molecule has 1 unspecified atom stereocenters. The van der Waals surface area contributed by atoms with Crippen LogP contribution in [-0.4, -0.2) is 18.2 Å². The molecule has 2 rings (SSSR count). The van der Waals surface area contributed by atoms with Gasteiger partial charge in [0, 0.05) is 18.1 Å². The summed E-state index contributed by atoms with van der Waals surface area (Å²) in [6, 6.07) is 6.07. The maximum Gasteiger partial charge on any atom is 0.513 e. The lowest BCUT2D eigenvalue weighted by Crippen LogP contribution is -2.28. The fraction of sp³-hybridized carbons (Fsp3) is 0.353. The van der Waals surface area contributed by atoms with Crippen molar-refractivity contribution in [2.24, 2.45) is 5.92 Å². The summed E-state index contributed by atoms with van der Waals surface area (Å²) in [7, 11) is 1.26. The number of rotatable bonds is 4. The number of allylic oxidation sites excluding steroid dienone is 3. The van der Waals surface area contributed by atoms with Crippen molar-refractivity contribution in [3.05, 3.63) is 52.8 Å². The van der Waals surface area contributed by atoms with Crippen molar-refractivity contribution in [1.82, 2.24) is 10.3 Å². The van der Waals surface area contributed by atoms with Crippen LogP contribution in [0.15, 0.2) is 47.3 Å². The van der Waals surface area contributed by atoms with Crippen LogP contribution in [0.25, 0.3) is 0 Å². The molecule has 0 bridgehead atoms. The average Bonchev–Trinajstić information content (AvgIpc) is 2.56. The van der Waals surface area contributed by atoms with E-state index in [2.05, 4.69) is 21.1 Å². The maximum absolute atomic E-state index is 11.5. The Morgan fingerprint density at radius 3 is 2.83 bits per heavy atom. The Kier molecular flexibility index (Phi) is 5.36. The molecule has 1 aromatic rings. The number of hydrogen-bond donors (Lipinski definition) is 1. The fourth-order valence-corrected chi connectivity index (χ4v) is 2.64. The Labute approximate surface area is 135 Å². The summed E-state index contributed by atoms with van der Waals surface area (Å²) in [6.07, 6.45) is 4.08. The number of carbonyl (C=O) groups excluding carboxylic acids is 1. The van der Waals surface area contributed by atoms with Crippen molar-refractivity contribution >= 4 is 6.16 Å². The van der Waals surface area contributed by atoms with Crippen molar-refractivity contribution in [2.75, 3.05) is 7.11 Å². The van der Waals surface area contributed by atoms with Crippen molar-refractivity contribution in [2.45, 2.75) is 26.7 Å². The fourth-order valence-electron chi connectivity index (χ4n) is 2.64. The number of carbonyl (C=O) groups is 1. The zero-order valence-electron chi connectivity index (χ0n) is 13.4. The number of nitrogens with one attached hydrogen (secondary N) is 1. The van der Waals surface area contributed by atoms with Gasteiger partial charge in [0.15, 0.2) is 0 Å². The topological polar surface area (TPSA) is 84.2 Å². The third-order valence-corrected chi connectivity index (χ3v) is 3.74. The lowest BCUT2D eigenvalue weighted by atomic mass is 9.87. The highest BCUT2D eigenvalue weighted by Gasteiger charge is 2.30. The van der Waals surface area contributed by atoms with Crippen LogP contribution in [0, 0.1) is 17.2 Å². The minimum Gasteiger partial charge on any atom is -0.437 e. The zero-order chi connectivity index (χ0) is 16.8. The number of aromatic nitrogens is 1. The standard InChI is InChI=1S/C17H19N3O3/c1-11-15(9-18)14(7-6-13-5-4-8-19-10-13)16(12(2)20-11)23-17(21)22-3/h4-5,8,10,14,20H,6-7H2,1-3H3. The SMILES string of the molecule is COC(=O)OC1=C(C)NC(C)=C(C#N)C1CCc1cccnc1. The van der Waals surface area contributed by atoms with Crippen LogP contribution in [0.4, 0.5) is 4.79 Å². The molecule has 0 saturated heterocycles. The van der Waals surface area contributed by atoms with Gasteiger partial charge in [0.2, 0.25) is 0 Å². The number of pyridine rings is 1. The Morgan fingerprint density at radius 1 is 1.43 bits per heavy atom. The monoisotopic (exact) mass is 313 g/mol. The second-order valence-electron chi connectivity index (χ2n) is 5.27. The molecule has 1 atom stereocenters. The van der Waals surface area contributed by atoms with E-state index in [0.717, 1.165) is 17.7 Å². The van der Waals surface area contributed by atoms with Gasteiger partial charge in [-0.15, -0.1) is 0 Å². The molecule has 0 spiro atoms. The molecule has 6 heteroatoms. The molecule has 0 aliphatic carbocycles. The molecule has 23 heavy (non-hydrogen) atoms. The van der Waals surface area contributed by atoms with Crippen molar-refractivity contribution in [3.63, 3.8) is 0 Å². The predicted molar refractivity (Wildman–Crippen MR) is 83.7 cm³/mol. The predicted octanol–water partition coefficient (Wildman–Crippen LogP) is 3.05. The lowest BCUT2D eigenvalue weighted by molar-refractivity contribution is 0.0883. The summed E-state index contributed by atoms with van der Waals surface area (Å²) in [4.78, 5) is 15.6. The summed E-state index contributed by atoms with van der Waals surface area (Å²) in [6.45, 7) is 3.65. The van der Waals surface area contributed by atoms with Gasteiger partial charge in [-0.3, -0.25) is 4.98 Å². The van der Waals surface area contributed by atoms with E-state index in [1.807, 2.05) is 26.0 Å². The van der Waals surface area contributed by atoms with E-state index in [0.29, 0.717) is 23.5 Å². The Balaban J connectivity index is 2.25. The third kappa shape index (κ3) is 3.89. The van der Waals surface area contributed by atoms with Crippen molar-refractivity contribution < 1.29 is 14.3 Å². The number of hydrogen-bond acceptors (Lipinski definition) is 6. The highest BCUT2D eigenvalue weighted by Crippen LogP contribution is 2.33. The van der Waals surface area contributed by atoms with Gasteiger partial charge < -0.3 is 14.8 Å². The summed E-state index contributed by atoms with van der Waals surface area (Å²) in [5, 5.41) is 12.5. The van der Waals surface area contributed by atoms with Crippen LogP contribution in [0.2, 0.25) is 0 Å². The average molecular weight is 313 g/mol. The first-order chi connectivity index (χ1) is 11.1. The molecule has 0 fully saturated rings. The van der Waals surface area contributed by atoms with E-state index < -0.39 is 6.16 Å². The van der Waals surface area contributed by atoms with Crippen LogP contribution in [-0.2, 0) is 15.9 Å². The maximum atomic E-state index is 11.5. The number of ether oxygens (including phenoxy) is 2. The number of methoxy groups -OCH3 is 1. The first-order valence-corrected chi connectivity index (χ1v) is 7.30. The number of nitrogens with zero attached hydrogens (tertiary/aromatic N) is 2. The van der Waals surface area contributed by atoms with E-state index in [9.17, 15) is 10.1 Å². The smallest absolute Gasteiger partial charge is 0.437 e. The summed E-state index contributed by atoms with van der Waals surface area (Å²) < 4.78 is 9.87. The van der Waals surface area contributed by atoms with E-state index in [1.165, 1.54) is 7.11 Å². The lowest BCUT2D eigenvalue weighted by Gasteiger charge is -2.28. The normalized spacial score (nSPS) is 17.4. The number of nitriles is 1.